The molecule has 142 valence electrons. The summed E-state index contributed by atoms with van der Waals surface area (Å²) in [5.74, 6) is -0.632. The molecule has 4 rings (SSSR count). The van der Waals surface area contributed by atoms with Gasteiger partial charge in [0.1, 0.15) is 11.7 Å². The molecule has 1 aromatic rings. The smallest absolute Gasteiger partial charge is 0.163 e. The van der Waals surface area contributed by atoms with E-state index in [9.17, 15) is 5.11 Å². The van der Waals surface area contributed by atoms with Crippen LogP contribution in [0, 0.1) is 0 Å². The van der Waals surface area contributed by atoms with Gasteiger partial charge in [0, 0.05) is 12.8 Å². The molecule has 0 spiro atoms. The number of ether oxygens (including phenoxy) is 4. The lowest BCUT2D eigenvalue weighted by Gasteiger charge is -2.52. The minimum atomic E-state index is -0.632. The molecule has 5 nitrogen and oxygen atoms in total. The standard InChI is InChI=1S/C21H28O5/c1-20(2)23-13-21(3)19(26-20)11-15(22)17(25-21)12-18-16(24-18)10-9-14-7-5-4-6-8-14/h4-10,15-19,22H,11-13H2,1-3H3/b10-9+/t15-,16-,17+,18-,19+,21-/m0/s1. The highest BCUT2D eigenvalue weighted by atomic mass is 16.7. The van der Waals surface area contributed by atoms with E-state index in [1.807, 2.05) is 39.0 Å². The highest BCUT2D eigenvalue weighted by molar-refractivity contribution is 5.50. The van der Waals surface area contributed by atoms with Crippen molar-refractivity contribution < 1.29 is 24.1 Å². The van der Waals surface area contributed by atoms with E-state index in [4.69, 9.17) is 18.9 Å². The fourth-order valence-electron chi connectivity index (χ4n) is 3.83. The van der Waals surface area contributed by atoms with Gasteiger partial charge in [-0.3, -0.25) is 0 Å². The number of aliphatic hydroxyl groups excluding tert-OH is 1. The zero-order valence-electron chi connectivity index (χ0n) is 15.6. The Bertz CT molecular complexity index is 658. The first-order valence-electron chi connectivity index (χ1n) is 9.41. The average molecular weight is 360 g/mol. The fraction of sp³-hybridized carbons (Fsp3) is 0.619. The molecule has 0 saturated carbocycles. The fourth-order valence-corrected chi connectivity index (χ4v) is 3.83. The zero-order valence-corrected chi connectivity index (χ0v) is 15.6. The van der Waals surface area contributed by atoms with Gasteiger partial charge in [-0.05, 0) is 26.3 Å². The van der Waals surface area contributed by atoms with Crippen LogP contribution in [0.3, 0.4) is 0 Å². The summed E-state index contributed by atoms with van der Waals surface area (Å²) in [6, 6.07) is 10.2. The number of fused-ring (bicyclic) bond motifs is 1. The van der Waals surface area contributed by atoms with Gasteiger partial charge in [-0.2, -0.15) is 0 Å². The molecule has 26 heavy (non-hydrogen) atoms. The van der Waals surface area contributed by atoms with E-state index in [1.54, 1.807) is 0 Å². The number of rotatable bonds is 4. The normalized spacial score (nSPS) is 41.8. The predicted molar refractivity (Wildman–Crippen MR) is 97.6 cm³/mol. The van der Waals surface area contributed by atoms with Crippen molar-refractivity contribution in [3.05, 3.63) is 42.0 Å². The largest absolute Gasteiger partial charge is 0.390 e. The molecule has 1 N–H and O–H groups in total. The predicted octanol–water partition coefficient (Wildman–Crippen LogP) is 2.92. The second kappa shape index (κ2) is 6.73. The van der Waals surface area contributed by atoms with E-state index in [1.165, 1.54) is 0 Å². The van der Waals surface area contributed by atoms with E-state index >= 15 is 0 Å². The Kier molecular flexibility index (Phi) is 4.70. The van der Waals surface area contributed by atoms with Crippen LogP contribution in [0.1, 0.15) is 39.2 Å². The van der Waals surface area contributed by atoms with E-state index in [-0.39, 0.29) is 24.4 Å². The molecule has 0 aliphatic carbocycles. The maximum absolute atomic E-state index is 10.5. The van der Waals surface area contributed by atoms with Crippen molar-refractivity contribution >= 4 is 6.08 Å². The van der Waals surface area contributed by atoms with Crippen LogP contribution in [-0.2, 0) is 18.9 Å². The molecule has 3 heterocycles. The SMILES string of the molecule is CC1(C)OC[C@]2(C)O[C@H](C[C@@H]3O[C@H]3/C=C/c3ccccc3)[C@@H](O)C[C@H]2O1. The average Bonchev–Trinajstić information content (AvgIpc) is 3.34. The summed E-state index contributed by atoms with van der Waals surface area (Å²) in [5.41, 5.74) is 0.633. The molecule has 0 amide bonds. The van der Waals surface area contributed by atoms with Crippen LogP contribution in [0.25, 0.3) is 6.08 Å². The zero-order chi connectivity index (χ0) is 18.4. The molecule has 0 radical (unpaired) electrons. The topological polar surface area (TPSA) is 60.5 Å². The molecule has 1 aromatic carbocycles. The van der Waals surface area contributed by atoms with Crippen molar-refractivity contribution in [2.45, 2.75) is 75.5 Å². The first-order chi connectivity index (χ1) is 12.3. The molecule has 3 aliphatic heterocycles. The van der Waals surface area contributed by atoms with Crippen molar-refractivity contribution in [1.29, 1.82) is 0 Å². The molecule has 6 atom stereocenters. The lowest BCUT2D eigenvalue weighted by Crippen LogP contribution is -2.64. The third kappa shape index (κ3) is 3.87. The second-order valence-electron chi connectivity index (χ2n) is 8.21. The molecular weight excluding hydrogens is 332 g/mol. The van der Waals surface area contributed by atoms with Crippen molar-refractivity contribution in [3.63, 3.8) is 0 Å². The maximum atomic E-state index is 10.5. The molecular formula is C21H28O5. The van der Waals surface area contributed by atoms with Crippen LogP contribution in [0.2, 0.25) is 0 Å². The Balaban J connectivity index is 1.33. The van der Waals surface area contributed by atoms with Gasteiger partial charge in [-0.15, -0.1) is 0 Å². The maximum Gasteiger partial charge on any atom is 0.163 e. The summed E-state index contributed by atoms with van der Waals surface area (Å²) >= 11 is 0. The van der Waals surface area contributed by atoms with Gasteiger partial charge in [0.25, 0.3) is 0 Å². The Labute approximate surface area is 154 Å². The van der Waals surface area contributed by atoms with Crippen LogP contribution >= 0.6 is 0 Å². The molecule has 5 heteroatoms. The second-order valence-corrected chi connectivity index (χ2v) is 8.21. The van der Waals surface area contributed by atoms with Gasteiger partial charge >= 0.3 is 0 Å². The summed E-state index contributed by atoms with van der Waals surface area (Å²) in [4.78, 5) is 0. The molecule has 3 saturated heterocycles. The third-order valence-corrected chi connectivity index (χ3v) is 5.48. The van der Waals surface area contributed by atoms with Gasteiger partial charge in [0.15, 0.2) is 5.79 Å². The lowest BCUT2D eigenvalue weighted by atomic mass is 9.86. The van der Waals surface area contributed by atoms with E-state index in [0.717, 1.165) is 5.56 Å². The molecule has 3 fully saturated rings. The van der Waals surface area contributed by atoms with Crippen LogP contribution in [0.5, 0.6) is 0 Å². The van der Waals surface area contributed by atoms with E-state index in [0.29, 0.717) is 19.4 Å². The van der Waals surface area contributed by atoms with Gasteiger partial charge in [-0.25, -0.2) is 0 Å². The van der Waals surface area contributed by atoms with Crippen molar-refractivity contribution in [2.24, 2.45) is 0 Å². The summed E-state index contributed by atoms with van der Waals surface area (Å²) in [6.07, 6.45) is 4.61. The summed E-state index contributed by atoms with van der Waals surface area (Å²) in [7, 11) is 0. The summed E-state index contributed by atoms with van der Waals surface area (Å²) in [5, 5.41) is 10.5. The molecule has 3 aliphatic rings. The van der Waals surface area contributed by atoms with Gasteiger partial charge in [0.05, 0.1) is 31.0 Å². The third-order valence-electron chi connectivity index (χ3n) is 5.48. The van der Waals surface area contributed by atoms with Crippen molar-refractivity contribution in [1.82, 2.24) is 0 Å². The summed E-state index contributed by atoms with van der Waals surface area (Å²) in [6.45, 7) is 6.27. The van der Waals surface area contributed by atoms with E-state index in [2.05, 4.69) is 24.3 Å². The van der Waals surface area contributed by atoms with Gasteiger partial charge < -0.3 is 24.1 Å². The monoisotopic (exact) mass is 360 g/mol. The highest BCUT2D eigenvalue weighted by Crippen LogP contribution is 2.41. The Morgan fingerprint density at radius 1 is 1.12 bits per heavy atom. The molecule has 0 unspecified atom stereocenters. The van der Waals surface area contributed by atoms with E-state index < -0.39 is 17.5 Å². The highest BCUT2D eigenvalue weighted by Gasteiger charge is 2.53. The Hall–Kier alpha value is -1.24. The Morgan fingerprint density at radius 2 is 1.88 bits per heavy atom. The first kappa shape index (κ1) is 18.1. The minimum Gasteiger partial charge on any atom is -0.390 e. The lowest BCUT2D eigenvalue weighted by molar-refractivity contribution is -0.367. The van der Waals surface area contributed by atoms with Gasteiger partial charge in [0.2, 0.25) is 0 Å². The first-order valence-corrected chi connectivity index (χ1v) is 9.41. The quantitative estimate of drug-likeness (QED) is 0.837. The van der Waals surface area contributed by atoms with Crippen LogP contribution in [0.15, 0.2) is 36.4 Å². The number of hydrogen-bond acceptors (Lipinski definition) is 5. The van der Waals surface area contributed by atoms with Gasteiger partial charge in [-0.1, -0.05) is 42.5 Å². The summed E-state index contributed by atoms with van der Waals surface area (Å²) < 4.78 is 23.8. The van der Waals surface area contributed by atoms with Crippen LogP contribution < -0.4 is 0 Å². The molecule has 0 aromatic heterocycles. The van der Waals surface area contributed by atoms with Crippen LogP contribution in [0.4, 0.5) is 0 Å². The number of epoxide rings is 1. The minimum absolute atomic E-state index is 0.0920. The van der Waals surface area contributed by atoms with Crippen molar-refractivity contribution in [3.8, 4) is 0 Å². The van der Waals surface area contributed by atoms with Crippen LogP contribution in [-0.4, -0.2) is 53.6 Å². The Morgan fingerprint density at radius 3 is 2.65 bits per heavy atom. The number of hydrogen-bond donors (Lipinski definition) is 1. The molecule has 0 bridgehead atoms. The number of benzene rings is 1. The number of aliphatic hydroxyl groups is 1. The van der Waals surface area contributed by atoms with Crippen molar-refractivity contribution in [2.75, 3.05) is 6.61 Å².